The lowest BCUT2D eigenvalue weighted by Gasteiger charge is -2.26. The van der Waals surface area contributed by atoms with E-state index in [1.165, 1.54) is 25.7 Å². The summed E-state index contributed by atoms with van der Waals surface area (Å²) in [5, 5.41) is 0. The van der Waals surface area contributed by atoms with Crippen LogP contribution in [0.25, 0.3) is 0 Å². The predicted molar refractivity (Wildman–Crippen MR) is 66.5 cm³/mol. The summed E-state index contributed by atoms with van der Waals surface area (Å²) in [4.78, 5) is 0. The Kier molecular flexibility index (Phi) is 7.31. The monoisotopic (exact) mass is 198 g/mol. The van der Waals surface area contributed by atoms with E-state index in [-0.39, 0.29) is 0 Å². The molecule has 0 aromatic carbocycles. The maximum absolute atomic E-state index is 2.38. The topological polar surface area (TPSA) is 0 Å². The van der Waals surface area contributed by atoms with Gasteiger partial charge in [0.1, 0.15) is 0 Å². The Balaban J connectivity index is 4.07. The fraction of sp³-hybridized carbons (Fsp3) is 1.00. The van der Waals surface area contributed by atoms with Crippen LogP contribution in [0.1, 0.15) is 67.2 Å². The smallest absolute Gasteiger partial charge is 0.0386 e. The van der Waals surface area contributed by atoms with E-state index >= 15 is 0 Å². The average Bonchev–Trinajstić information content (AvgIpc) is 2.11. The summed E-state index contributed by atoms with van der Waals surface area (Å²) in [6, 6.07) is 0. The van der Waals surface area contributed by atoms with Gasteiger partial charge < -0.3 is 0 Å². The van der Waals surface area contributed by atoms with Crippen LogP contribution in [0.4, 0.5) is 0 Å². The molecule has 86 valence electrons. The highest BCUT2D eigenvalue weighted by atomic mass is 14.2. The first-order chi connectivity index (χ1) is 6.51. The van der Waals surface area contributed by atoms with Crippen LogP contribution in [-0.4, -0.2) is 0 Å². The van der Waals surface area contributed by atoms with Crippen molar-refractivity contribution >= 4 is 0 Å². The Morgan fingerprint density at radius 1 is 0.786 bits per heavy atom. The zero-order valence-corrected chi connectivity index (χ0v) is 11.1. The van der Waals surface area contributed by atoms with Crippen LogP contribution in [0, 0.1) is 23.7 Å². The summed E-state index contributed by atoms with van der Waals surface area (Å²) in [5.41, 5.74) is 0. The summed E-state index contributed by atoms with van der Waals surface area (Å²) in [6.45, 7) is 14.1. The van der Waals surface area contributed by atoms with Gasteiger partial charge >= 0.3 is 0 Å². The van der Waals surface area contributed by atoms with Gasteiger partial charge in [-0.2, -0.15) is 0 Å². The van der Waals surface area contributed by atoms with E-state index < -0.39 is 0 Å². The molecule has 0 saturated carbocycles. The quantitative estimate of drug-likeness (QED) is 0.532. The molecule has 0 amide bonds. The highest BCUT2D eigenvalue weighted by Crippen LogP contribution is 2.29. The van der Waals surface area contributed by atoms with Crippen LogP contribution in [0.5, 0.6) is 0 Å². The minimum atomic E-state index is 0.858. The third-order valence-electron chi connectivity index (χ3n) is 3.51. The van der Waals surface area contributed by atoms with E-state index in [0.717, 1.165) is 23.7 Å². The molecule has 0 heterocycles. The molecule has 0 saturated heterocycles. The standard InChI is InChI=1S/C14H30/c1-7-13(8-2)10-14(12(5)6)9-11(3)4/h11-14H,7-10H2,1-6H3. The lowest BCUT2D eigenvalue weighted by atomic mass is 9.79. The molecule has 0 N–H and O–H groups in total. The first-order valence-corrected chi connectivity index (χ1v) is 6.51. The van der Waals surface area contributed by atoms with E-state index in [2.05, 4.69) is 41.5 Å². The van der Waals surface area contributed by atoms with E-state index in [9.17, 15) is 0 Å². The van der Waals surface area contributed by atoms with Crippen molar-refractivity contribution in [3.63, 3.8) is 0 Å². The molecule has 0 rings (SSSR count). The molecule has 0 aliphatic rings. The molecule has 0 nitrogen and oxygen atoms in total. The molecule has 1 unspecified atom stereocenters. The van der Waals surface area contributed by atoms with E-state index in [1.54, 1.807) is 0 Å². The molecule has 0 aromatic rings. The van der Waals surface area contributed by atoms with Gasteiger partial charge in [-0.25, -0.2) is 0 Å². The fourth-order valence-corrected chi connectivity index (χ4v) is 2.30. The van der Waals surface area contributed by atoms with Gasteiger partial charge in [-0.3, -0.25) is 0 Å². The molecular formula is C14H30. The second kappa shape index (κ2) is 7.31. The van der Waals surface area contributed by atoms with Crippen molar-refractivity contribution in [2.45, 2.75) is 67.2 Å². The summed E-state index contributed by atoms with van der Waals surface area (Å²) in [6.07, 6.45) is 5.58. The number of hydrogen-bond acceptors (Lipinski definition) is 0. The second-order valence-electron chi connectivity index (χ2n) is 5.55. The molecule has 0 aromatic heterocycles. The Morgan fingerprint density at radius 2 is 1.29 bits per heavy atom. The van der Waals surface area contributed by atoms with Gasteiger partial charge in [0.05, 0.1) is 0 Å². The summed E-state index contributed by atoms with van der Waals surface area (Å²) in [5.74, 6) is 3.62. The third-order valence-corrected chi connectivity index (χ3v) is 3.51. The SMILES string of the molecule is CCC(CC)CC(CC(C)C)C(C)C. The van der Waals surface area contributed by atoms with Crippen LogP contribution < -0.4 is 0 Å². The largest absolute Gasteiger partial charge is 0.0651 e. The van der Waals surface area contributed by atoms with Gasteiger partial charge in [-0.1, -0.05) is 54.4 Å². The molecule has 14 heavy (non-hydrogen) atoms. The first kappa shape index (κ1) is 14.0. The van der Waals surface area contributed by atoms with Gasteiger partial charge in [0.25, 0.3) is 0 Å². The normalized spacial score (nSPS) is 14.4. The fourth-order valence-electron chi connectivity index (χ4n) is 2.30. The Hall–Kier alpha value is 0. The van der Waals surface area contributed by atoms with E-state index in [1.807, 2.05) is 0 Å². The molecule has 0 fully saturated rings. The van der Waals surface area contributed by atoms with Crippen molar-refractivity contribution in [1.82, 2.24) is 0 Å². The maximum atomic E-state index is 2.38. The van der Waals surface area contributed by atoms with Gasteiger partial charge in [0.2, 0.25) is 0 Å². The highest BCUT2D eigenvalue weighted by Gasteiger charge is 2.18. The van der Waals surface area contributed by atoms with Crippen LogP contribution in [0.2, 0.25) is 0 Å². The molecule has 0 aliphatic carbocycles. The van der Waals surface area contributed by atoms with Crippen molar-refractivity contribution in [3.8, 4) is 0 Å². The lowest BCUT2D eigenvalue weighted by molar-refractivity contribution is 0.247. The molecule has 0 spiro atoms. The number of hydrogen-bond donors (Lipinski definition) is 0. The van der Waals surface area contributed by atoms with Crippen molar-refractivity contribution in [1.29, 1.82) is 0 Å². The van der Waals surface area contributed by atoms with Gasteiger partial charge in [-0.15, -0.1) is 0 Å². The van der Waals surface area contributed by atoms with Crippen molar-refractivity contribution in [2.75, 3.05) is 0 Å². The predicted octanol–water partition coefficient (Wildman–Crippen LogP) is 5.13. The third kappa shape index (κ3) is 5.67. The van der Waals surface area contributed by atoms with Crippen molar-refractivity contribution in [2.24, 2.45) is 23.7 Å². The summed E-state index contributed by atoms with van der Waals surface area (Å²) >= 11 is 0. The van der Waals surface area contributed by atoms with Gasteiger partial charge in [-0.05, 0) is 36.5 Å². The molecule has 0 radical (unpaired) electrons. The lowest BCUT2D eigenvalue weighted by Crippen LogP contribution is -2.16. The molecule has 0 aliphatic heterocycles. The Labute approximate surface area is 91.5 Å². The van der Waals surface area contributed by atoms with Crippen LogP contribution in [0.15, 0.2) is 0 Å². The second-order valence-corrected chi connectivity index (χ2v) is 5.55. The minimum absolute atomic E-state index is 0.858. The Morgan fingerprint density at radius 3 is 1.57 bits per heavy atom. The van der Waals surface area contributed by atoms with Crippen molar-refractivity contribution in [3.05, 3.63) is 0 Å². The summed E-state index contributed by atoms with van der Waals surface area (Å²) < 4.78 is 0. The zero-order valence-electron chi connectivity index (χ0n) is 11.1. The van der Waals surface area contributed by atoms with Gasteiger partial charge in [0, 0.05) is 0 Å². The van der Waals surface area contributed by atoms with Gasteiger partial charge in [0.15, 0.2) is 0 Å². The molecule has 0 bridgehead atoms. The molecule has 0 heteroatoms. The highest BCUT2D eigenvalue weighted by molar-refractivity contribution is 4.69. The maximum Gasteiger partial charge on any atom is -0.0386 e. The minimum Gasteiger partial charge on any atom is -0.0651 e. The number of rotatable bonds is 7. The Bertz CT molecular complexity index is 120. The zero-order chi connectivity index (χ0) is 11.1. The van der Waals surface area contributed by atoms with E-state index in [4.69, 9.17) is 0 Å². The average molecular weight is 198 g/mol. The molecule has 1 atom stereocenters. The van der Waals surface area contributed by atoms with Crippen molar-refractivity contribution < 1.29 is 0 Å². The van der Waals surface area contributed by atoms with E-state index in [0.29, 0.717) is 0 Å². The van der Waals surface area contributed by atoms with Crippen LogP contribution in [0.3, 0.4) is 0 Å². The first-order valence-electron chi connectivity index (χ1n) is 6.51. The molecular weight excluding hydrogens is 168 g/mol. The van der Waals surface area contributed by atoms with Crippen LogP contribution in [-0.2, 0) is 0 Å². The summed E-state index contributed by atoms with van der Waals surface area (Å²) in [7, 11) is 0. The van der Waals surface area contributed by atoms with Crippen LogP contribution >= 0.6 is 0 Å².